The third-order valence-electron chi connectivity index (χ3n) is 4.83. The fraction of sp³-hybridized carbons (Fsp3) is 0.238. The van der Waals surface area contributed by atoms with Crippen LogP contribution in [0.4, 0.5) is 0 Å². The number of hydrogen-bond donors (Lipinski definition) is 0. The highest BCUT2D eigenvalue weighted by Crippen LogP contribution is 2.34. The maximum Gasteiger partial charge on any atom is 0.348 e. The smallest absolute Gasteiger partial charge is 0.348 e. The molecule has 0 fully saturated rings. The molecule has 2 aromatic heterocycles. The summed E-state index contributed by atoms with van der Waals surface area (Å²) in [4.78, 5) is 25.3. The Morgan fingerprint density at radius 3 is 2.63 bits per heavy atom. The monoisotopic (exact) mass is 553 g/mol. The molecular formula is C21H17Br2NO5S. The Labute approximate surface area is 194 Å². The molecule has 0 amide bonds. The number of halogens is 2. The molecule has 4 rings (SSSR count). The van der Waals surface area contributed by atoms with Crippen molar-refractivity contribution in [2.24, 2.45) is 0 Å². The van der Waals surface area contributed by atoms with Gasteiger partial charge in [-0.1, -0.05) is 6.07 Å². The third-order valence-corrected chi connectivity index (χ3v) is 8.07. The second kappa shape index (κ2) is 8.56. The molecule has 0 atom stereocenters. The van der Waals surface area contributed by atoms with Gasteiger partial charge in [0.25, 0.3) is 0 Å². The SMILES string of the molecule is Cc1cc(C(=O)COC(=O)c2cc(Br)c(Br)s2)c(C)n1Cc1ccc2c(c1)OCO2. The molecule has 0 aliphatic carbocycles. The lowest BCUT2D eigenvalue weighted by atomic mass is 10.1. The number of fused-ring (bicyclic) bond motifs is 1. The van der Waals surface area contributed by atoms with Gasteiger partial charge in [0, 0.05) is 28.0 Å². The number of aryl methyl sites for hydroxylation is 1. The number of rotatable bonds is 6. The number of carbonyl (C=O) groups is 2. The molecule has 6 nitrogen and oxygen atoms in total. The fourth-order valence-electron chi connectivity index (χ4n) is 3.28. The predicted molar refractivity (Wildman–Crippen MR) is 120 cm³/mol. The van der Waals surface area contributed by atoms with Crippen LogP contribution in [0.5, 0.6) is 11.5 Å². The molecule has 0 unspecified atom stereocenters. The summed E-state index contributed by atoms with van der Waals surface area (Å²) >= 11 is 7.93. The van der Waals surface area contributed by atoms with Gasteiger partial charge in [0.15, 0.2) is 18.1 Å². The van der Waals surface area contributed by atoms with Crippen LogP contribution in [0.15, 0.2) is 38.6 Å². The number of Topliss-reactive ketones (excluding diaryl/α,β-unsaturated/α-hetero) is 1. The molecule has 1 aromatic carbocycles. The molecule has 0 radical (unpaired) electrons. The first-order valence-electron chi connectivity index (χ1n) is 9.04. The van der Waals surface area contributed by atoms with Crippen LogP contribution in [0.3, 0.4) is 0 Å². The minimum Gasteiger partial charge on any atom is -0.454 e. The van der Waals surface area contributed by atoms with E-state index in [9.17, 15) is 9.59 Å². The minimum atomic E-state index is -0.520. The van der Waals surface area contributed by atoms with Gasteiger partial charge in [-0.05, 0) is 75.5 Å². The third kappa shape index (κ3) is 4.19. The van der Waals surface area contributed by atoms with Crippen molar-refractivity contribution in [3.63, 3.8) is 0 Å². The van der Waals surface area contributed by atoms with Crippen LogP contribution in [-0.4, -0.2) is 29.7 Å². The number of benzene rings is 1. The van der Waals surface area contributed by atoms with E-state index in [1.54, 1.807) is 6.07 Å². The van der Waals surface area contributed by atoms with Gasteiger partial charge in [-0.2, -0.15) is 0 Å². The lowest BCUT2D eigenvalue weighted by molar-refractivity contribution is 0.0479. The van der Waals surface area contributed by atoms with Crippen molar-refractivity contribution in [3.05, 3.63) is 66.0 Å². The molecule has 156 valence electrons. The number of ether oxygens (including phenoxy) is 3. The minimum absolute atomic E-state index is 0.233. The number of ketones is 1. The summed E-state index contributed by atoms with van der Waals surface area (Å²) in [6.07, 6.45) is 0. The van der Waals surface area contributed by atoms with Crippen molar-refractivity contribution < 1.29 is 23.8 Å². The molecular weight excluding hydrogens is 538 g/mol. The summed E-state index contributed by atoms with van der Waals surface area (Å²) in [6.45, 7) is 4.36. The second-order valence-electron chi connectivity index (χ2n) is 6.79. The van der Waals surface area contributed by atoms with E-state index in [0.29, 0.717) is 17.0 Å². The lowest BCUT2D eigenvalue weighted by Gasteiger charge is -2.11. The maximum atomic E-state index is 12.7. The van der Waals surface area contributed by atoms with Gasteiger partial charge in [-0.15, -0.1) is 11.3 Å². The summed E-state index contributed by atoms with van der Waals surface area (Å²) in [5, 5.41) is 0. The lowest BCUT2D eigenvalue weighted by Crippen LogP contribution is -2.14. The van der Waals surface area contributed by atoms with Gasteiger partial charge in [0.2, 0.25) is 12.6 Å². The fourth-order valence-corrected chi connectivity index (χ4v) is 5.21. The maximum absolute atomic E-state index is 12.7. The van der Waals surface area contributed by atoms with Gasteiger partial charge in [0.1, 0.15) is 4.88 Å². The van der Waals surface area contributed by atoms with Crippen LogP contribution in [0, 0.1) is 13.8 Å². The predicted octanol–water partition coefficient (Wildman–Crippen LogP) is 5.51. The van der Waals surface area contributed by atoms with Crippen molar-refractivity contribution in [1.29, 1.82) is 0 Å². The zero-order valence-electron chi connectivity index (χ0n) is 16.2. The largest absolute Gasteiger partial charge is 0.454 e. The summed E-state index contributed by atoms with van der Waals surface area (Å²) in [6, 6.07) is 9.31. The van der Waals surface area contributed by atoms with Gasteiger partial charge in [0.05, 0.1) is 3.79 Å². The molecule has 0 spiro atoms. The molecule has 3 heterocycles. The average molecular weight is 555 g/mol. The first-order chi connectivity index (χ1) is 14.3. The summed E-state index contributed by atoms with van der Waals surface area (Å²) < 4.78 is 19.7. The topological polar surface area (TPSA) is 66.8 Å². The Kier molecular flexibility index (Phi) is 6.04. The van der Waals surface area contributed by atoms with Crippen LogP contribution >= 0.6 is 43.2 Å². The Morgan fingerprint density at radius 2 is 1.90 bits per heavy atom. The van der Waals surface area contributed by atoms with E-state index in [1.165, 1.54) is 11.3 Å². The Balaban J connectivity index is 1.46. The Hall–Kier alpha value is -2.10. The first-order valence-corrected chi connectivity index (χ1v) is 11.4. The van der Waals surface area contributed by atoms with Gasteiger partial charge < -0.3 is 18.8 Å². The van der Waals surface area contributed by atoms with Crippen molar-refractivity contribution >= 4 is 54.9 Å². The average Bonchev–Trinajstić information content (AvgIpc) is 3.40. The highest BCUT2D eigenvalue weighted by Gasteiger charge is 2.20. The number of thiophene rings is 1. The zero-order valence-corrected chi connectivity index (χ0v) is 20.1. The molecule has 9 heteroatoms. The number of carbonyl (C=O) groups excluding carboxylic acids is 2. The molecule has 0 saturated heterocycles. The van der Waals surface area contributed by atoms with E-state index in [4.69, 9.17) is 14.2 Å². The number of esters is 1. The standard InChI is InChI=1S/C21H17Br2NO5S/c1-11-5-14(16(25)9-27-21(26)19-7-15(22)20(23)30-19)12(2)24(11)8-13-3-4-17-18(6-13)29-10-28-17/h3-7H,8-10H2,1-2H3. The van der Waals surface area contributed by atoms with Crippen LogP contribution in [0.25, 0.3) is 0 Å². The van der Waals surface area contributed by atoms with E-state index in [2.05, 4.69) is 36.4 Å². The normalized spacial score (nSPS) is 12.3. The molecule has 1 aliphatic heterocycles. The van der Waals surface area contributed by atoms with E-state index in [1.807, 2.05) is 38.1 Å². The van der Waals surface area contributed by atoms with Crippen molar-refractivity contribution in [2.45, 2.75) is 20.4 Å². The molecule has 0 saturated carbocycles. The van der Waals surface area contributed by atoms with Crippen LogP contribution in [0.2, 0.25) is 0 Å². The van der Waals surface area contributed by atoms with Gasteiger partial charge >= 0.3 is 5.97 Å². The summed E-state index contributed by atoms with van der Waals surface area (Å²) in [7, 11) is 0. The number of aromatic nitrogens is 1. The molecule has 0 N–H and O–H groups in total. The van der Waals surface area contributed by atoms with Gasteiger partial charge in [-0.25, -0.2) is 4.79 Å². The molecule has 3 aromatic rings. The van der Waals surface area contributed by atoms with Crippen molar-refractivity contribution in [2.75, 3.05) is 13.4 Å². The highest BCUT2D eigenvalue weighted by atomic mass is 79.9. The zero-order chi connectivity index (χ0) is 21.4. The summed E-state index contributed by atoms with van der Waals surface area (Å²) in [5.74, 6) is 0.712. The Bertz CT molecular complexity index is 1130. The van der Waals surface area contributed by atoms with Gasteiger partial charge in [-0.3, -0.25) is 4.79 Å². The number of hydrogen-bond acceptors (Lipinski definition) is 6. The van der Waals surface area contributed by atoms with Crippen molar-refractivity contribution in [1.82, 2.24) is 4.57 Å². The summed E-state index contributed by atoms with van der Waals surface area (Å²) in [5.41, 5.74) is 3.37. The Morgan fingerprint density at radius 1 is 1.13 bits per heavy atom. The second-order valence-corrected chi connectivity index (χ2v) is 10.0. The van der Waals surface area contributed by atoms with Crippen LogP contribution in [-0.2, 0) is 11.3 Å². The number of nitrogens with zero attached hydrogens (tertiary/aromatic N) is 1. The quantitative estimate of drug-likeness (QED) is 0.297. The molecule has 30 heavy (non-hydrogen) atoms. The highest BCUT2D eigenvalue weighted by molar-refractivity contribution is 9.13. The van der Waals surface area contributed by atoms with Crippen LogP contribution in [0.1, 0.15) is 37.0 Å². The van der Waals surface area contributed by atoms with E-state index in [0.717, 1.165) is 36.7 Å². The van der Waals surface area contributed by atoms with E-state index < -0.39 is 5.97 Å². The molecule has 1 aliphatic rings. The first kappa shape index (κ1) is 21.1. The van der Waals surface area contributed by atoms with Crippen LogP contribution < -0.4 is 9.47 Å². The molecule has 0 bridgehead atoms. The van der Waals surface area contributed by atoms with Crippen molar-refractivity contribution in [3.8, 4) is 11.5 Å². The van der Waals surface area contributed by atoms with E-state index in [-0.39, 0.29) is 19.2 Å². The van der Waals surface area contributed by atoms with E-state index >= 15 is 0 Å².